The van der Waals surface area contributed by atoms with Gasteiger partial charge in [0.1, 0.15) is 11.4 Å². The molecule has 4 rings (SSSR count). The van der Waals surface area contributed by atoms with Crippen molar-refractivity contribution in [2.24, 2.45) is 5.73 Å². The molecule has 1 aliphatic carbocycles. The van der Waals surface area contributed by atoms with Gasteiger partial charge in [-0.15, -0.1) is 0 Å². The predicted molar refractivity (Wildman–Crippen MR) is 130 cm³/mol. The van der Waals surface area contributed by atoms with Crippen LogP contribution in [0.25, 0.3) is 22.4 Å². The van der Waals surface area contributed by atoms with Gasteiger partial charge >= 0.3 is 18.1 Å². The number of carbonyl (C=O) groups is 2. The fourth-order valence-electron chi connectivity index (χ4n) is 4.04. The molecule has 204 valence electrons. The van der Waals surface area contributed by atoms with Crippen molar-refractivity contribution in [2.75, 3.05) is 12.8 Å². The first-order valence-electron chi connectivity index (χ1n) is 11.1. The Morgan fingerprint density at radius 3 is 2.32 bits per heavy atom. The molecule has 0 bridgehead atoms. The average Bonchev–Trinajstić information content (AvgIpc) is 3.20. The number of aryl methyl sites for hydroxylation is 2. The first-order valence-corrected chi connectivity index (χ1v) is 13.0. The number of phenols is 1. The highest BCUT2D eigenvalue weighted by atomic mass is 32.2. The summed E-state index contributed by atoms with van der Waals surface area (Å²) in [6, 6.07) is 9.78. The molecule has 0 radical (unpaired) electrons. The molecule has 1 aromatic heterocycles. The number of benzene rings is 2. The van der Waals surface area contributed by atoms with Crippen LogP contribution in [0.15, 0.2) is 41.3 Å². The number of carboxylic acids is 2. The van der Waals surface area contributed by atoms with Crippen molar-refractivity contribution < 1.29 is 46.5 Å². The summed E-state index contributed by atoms with van der Waals surface area (Å²) >= 11 is 0. The Kier molecular flexibility index (Phi) is 8.17. The second kappa shape index (κ2) is 10.8. The van der Waals surface area contributed by atoms with Crippen LogP contribution in [0.2, 0.25) is 0 Å². The number of halogens is 3. The number of sulfone groups is 1. The van der Waals surface area contributed by atoms with Crippen LogP contribution < -0.4 is 5.73 Å². The molecule has 0 fully saturated rings. The molecule has 1 aliphatic rings. The van der Waals surface area contributed by atoms with Gasteiger partial charge in [-0.05, 0) is 61.2 Å². The maximum Gasteiger partial charge on any atom is 0.490 e. The number of nitrogens with zero attached hydrogens (tertiary/aromatic N) is 2. The summed E-state index contributed by atoms with van der Waals surface area (Å²) in [5.41, 5.74) is 9.63. The highest BCUT2D eigenvalue weighted by Crippen LogP contribution is 2.41. The predicted octanol–water partition coefficient (Wildman–Crippen LogP) is 3.11. The van der Waals surface area contributed by atoms with E-state index in [1.165, 1.54) is 16.8 Å². The summed E-state index contributed by atoms with van der Waals surface area (Å²) in [6.45, 7) is 0.830. The van der Waals surface area contributed by atoms with Gasteiger partial charge in [0.05, 0.1) is 10.6 Å². The van der Waals surface area contributed by atoms with E-state index in [9.17, 15) is 36.6 Å². The minimum Gasteiger partial charge on any atom is -0.507 e. The quantitative estimate of drug-likeness (QED) is 0.356. The van der Waals surface area contributed by atoms with Gasteiger partial charge in [-0.3, -0.25) is 4.68 Å². The third kappa shape index (κ3) is 6.14. The fraction of sp³-hybridized carbons (Fsp3) is 0.292. The molecule has 5 N–H and O–H groups in total. The number of hydrogen-bond donors (Lipinski definition) is 4. The van der Waals surface area contributed by atoms with Crippen LogP contribution in [-0.4, -0.2) is 64.4 Å². The van der Waals surface area contributed by atoms with Crippen molar-refractivity contribution in [3.63, 3.8) is 0 Å². The van der Waals surface area contributed by atoms with E-state index >= 15 is 0 Å². The van der Waals surface area contributed by atoms with Gasteiger partial charge in [-0.1, -0.05) is 12.1 Å². The molecule has 10 nitrogen and oxygen atoms in total. The number of aromatic nitrogens is 2. The summed E-state index contributed by atoms with van der Waals surface area (Å²) in [5, 5.41) is 32.1. The first-order chi connectivity index (χ1) is 17.6. The maximum atomic E-state index is 11.9. The van der Waals surface area contributed by atoms with Crippen molar-refractivity contribution in [2.45, 2.75) is 36.9 Å². The number of carboxylic acid groups (broad SMARTS) is 2. The second-order valence-electron chi connectivity index (χ2n) is 8.48. The van der Waals surface area contributed by atoms with Crippen LogP contribution >= 0.6 is 0 Å². The smallest absolute Gasteiger partial charge is 0.490 e. The minimum absolute atomic E-state index is 0.0360. The number of aromatic hydroxyl groups is 1. The van der Waals surface area contributed by atoms with E-state index in [1.807, 2.05) is 0 Å². The summed E-state index contributed by atoms with van der Waals surface area (Å²) in [4.78, 5) is 21.0. The molecule has 3 aromatic rings. The van der Waals surface area contributed by atoms with Crippen LogP contribution in [0, 0.1) is 0 Å². The van der Waals surface area contributed by atoms with E-state index in [2.05, 4.69) is 5.10 Å². The summed E-state index contributed by atoms with van der Waals surface area (Å²) in [6.07, 6.45) is -2.27. The summed E-state index contributed by atoms with van der Waals surface area (Å²) < 4.78 is 57.1. The molecule has 0 aliphatic heterocycles. The third-order valence-corrected chi connectivity index (χ3v) is 6.87. The standard InChI is InChI=1S/C22H23N3O5S.C2HF3O2/c1-31(29,30)15-5-2-4-13(10-15)17-12-18-14(11-19(17)26)6-7-16-20(18)24-25(9-3-8-23)21(16)22(27)28;3-2(4,5)1(6)7/h2,4-5,10-12,26H,3,6-9,23H2,1H3,(H,27,28);(H,6,7). The van der Waals surface area contributed by atoms with Crippen molar-refractivity contribution in [1.29, 1.82) is 0 Å². The van der Waals surface area contributed by atoms with Gasteiger partial charge in [-0.25, -0.2) is 18.0 Å². The number of fused-ring (bicyclic) bond motifs is 3. The minimum atomic E-state index is -5.08. The molecule has 1 heterocycles. The van der Waals surface area contributed by atoms with E-state index in [4.69, 9.17) is 15.6 Å². The number of aromatic carboxylic acids is 1. The number of aliphatic carboxylic acids is 1. The molecule has 14 heteroatoms. The van der Waals surface area contributed by atoms with Crippen molar-refractivity contribution in [3.8, 4) is 28.1 Å². The molecule has 0 atom stereocenters. The van der Waals surface area contributed by atoms with Crippen molar-refractivity contribution in [1.82, 2.24) is 9.78 Å². The highest BCUT2D eigenvalue weighted by molar-refractivity contribution is 7.90. The SMILES string of the molecule is CS(=O)(=O)c1cccc(-c2cc3c(cc2O)CCc2c-3nn(CCCN)c2C(=O)O)c1.O=C(O)C(F)(F)F. The third-order valence-electron chi connectivity index (χ3n) is 5.76. The Balaban J connectivity index is 0.000000505. The van der Waals surface area contributed by atoms with E-state index in [1.54, 1.807) is 24.3 Å². The first kappa shape index (κ1) is 28.7. The number of nitrogens with two attached hydrogens (primary N) is 1. The fourth-order valence-corrected chi connectivity index (χ4v) is 4.71. The number of alkyl halides is 3. The van der Waals surface area contributed by atoms with Gasteiger partial charge in [0, 0.05) is 29.5 Å². The molecular weight excluding hydrogens is 531 g/mol. The van der Waals surface area contributed by atoms with Gasteiger partial charge in [0.2, 0.25) is 0 Å². The molecule has 38 heavy (non-hydrogen) atoms. The monoisotopic (exact) mass is 555 g/mol. The Labute approximate surface area is 215 Å². The van der Waals surface area contributed by atoms with Gasteiger partial charge in [0.25, 0.3) is 0 Å². The topological polar surface area (TPSA) is 173 Å². The Morgan fingerprint density at radius 2 is 1.76 bits per heavy atom. The lowest BCUT2D eigenvalue weighted by molar-refractivity contribution is -0.192. The highest BCUT2D eigenvalue weighted by Gasteiger charge is 2.38. The maximum absolute atomic E-state index is 11.9. The van der Waals surface area contributed by atoms with Crippen LogP contribution in [-0.2, 0) is 34.0 Å². The number of rotatable bonds is 6. The average molecular weight is 556 g/mol. The molecule has 0 saturated heterocycles. The largest absolute Gasteiger partial charge is 0.507 e. The van der Waals surface area contributed by atoms with Gasteiger partial charge in [-0.2, -0.15) is 18.3 Å². The normalized spacial score (nSPS) is 12.7. The van der Waals surface area contributed by atoms with Crippen LogP contribution in [0.1, 0.15) is 28.0 Å². The second-order valence-corrected chi connectivity index (χ2v) is 10.5. The zero-order valence-electron chi connectivity index (χ0n) is 20.0. The zero-order chi connectivity index (χ0) is 28.4. The van der Waals surface area contributed by atoms with E-state index in [0.29, 0.717) is 54.7 Å². The molecule has 0 spiro atoms. The lowest BCUT2D eigenvalue weighted by Gasteiger charge is -2.18. The molecular formula is C24H24F3N3O7S. The number of phenolic OH excluding ortho intramolecular Hbond substituents is 1. The molecule has 2 aromatic carbocycles. The lowest BCUT2D eigenvalue weighted by Crippen LogP contribution is -2.21. The van der Waals surface area contributed by atoms with Crippen molar-refractivity contribution in [3.05, 3.63) is 53.2 Å². The van der Waals surface area contributed by atoms with Crippen molar-refractivity contribution >= 4 is 21.8 Å². The molecule has 0 amide bonds. The van der Waals surface area contributed by atoms with Crippen LogP contribution in [0.4, 0.5) is 13.2 Å². The lowest BCUT2D eigenvalue weighted by atomic mass is 9.86. The molecule has 0 saturated carbocycles. The Bertz CT molecular complexity index is 1500. The summed E-state index contributed by atoms with van der Waals surface area (Å²) in [7, 11) is -3.41. The molecule has 0 unspecified atom stereocenters. The van der Waals surface area contributed by atoms with E-state index < -0.39 is 28.0 Å². The number of hydrogen-bond acceptors (Lipinski definition) is 7. The summed E-state index contributed by atoms with van der Waals surface area (Å²) in [5.74, 6) is -3.75. The van der Waals surface area contributed by atoms with Gasteiger partial charge < -0.3 is 21.1 Å². The zero-order valence-corrected chi connectivity index (χ0v) is 20.8. The van der Waals surface area contributed by atoms with Crippen LogP contribution in [0.5, 0.6) is 5.75 Å². The van der Waals surface area contributed by atoms with E-state index in [-0.39, 0.29) is 16.3 Å². The van der Waals surface area contributed by atoms with E-state index in [0.717, 1.165) is 17.4 Å². The Morgan fingerprint density at radius 1 is 1.11 bits per heavy atom. The Hall–Kier alpha value is -3.91. The van der Waals surface area contributed by atoms with Gasteiger partial charge in [0.15, 0.2) is 9.84 Å². The van der Waals surface area contributed by atoms with Crippen LogP contribution in [0.3, 0.4) is 0 Å².